The minimum Gasteiger partial charge on any atom is -0.387 e. The Hall–Kier alpha value is -0.420. The molecule has 72 valence electrons. The number of nitrogens with two attached hydrogens (primary N) is 1. The molecule has 0 saturated heterocycles. The van der Waals surface area contributed by atoms with E-state index in [1.54, 1.807) is 12.1 Å². The van der Waals surface area contributed by atoms with Crippen LogP contribution in [0.25, 0.3) is 10.2 Å². The van der Waals surface area contributed by atoms with Gasteiger partial charge in [-0.05, 0) is 12.1 Å². The molecule has 0 fully saturated rings. The van der Waals surface area contributed by atoms with Gasteiger partial charge in [-0.2, -0.15) is 0 Å². The van der Waals surface area contributed by atoms with E-state index in [2.05, 4.69) is 4.98 Å². The highest BCUT2D eigenvalue weighted by molar-refractivity contribution is 7.81. The van der Waals surface area contributed by atoms with Crippen LogP contribution in [0.2, 0.25) is 10.0 Å². The van der Waals surface area contributed by atoms with E-state index in [9.17, 15) is 0 Å². The molecule has 0 atom stereocenters. The Morgan fingerprint density at radius 1 is 1.43 bits per heavy atom. The molecule has 2 aromatic rings. The van der Waals surface area contributed by atoms with Gasteiger partial charge < -0.3 is 5.73 Å². The van der Waals surface area contributed by atoms with Crippen LogP contribution in [0.4, 0.5) is 0 Å². The summed E-state index contributed by atoms with van der Waals surface area (Å²) in [5.74, 6) is 0. The van der Waals surface area contributed by atoms with Gasteiger partial charge in [-0.1, -0.05) is 35.4 Å². The van der Waals surface area contributed by atoms with E-state index in [0.29, 0.717) is 15.1 Å². The number of aromatic nitrogens is 1. The molecule has 0 radical (unpaired) electrons. The van der Waals surface area contributed by atoms with Gasteiger partial charge in [-0.25, -0.2) is 4.98 Å². The molecule has 0 aliphatic rings. The van der Waals surface area contributed by atoms with Crippen molar-refractivity contribution in [3.05, 3.63) is 27.2 Å². The van der Waals surface area contributed by atoms with E-state index in [1.165, 1.54) is 11.3 Å². The van der Waals surface area contributed by atoms with Crippen LogP contribution >= 0.6 is 46.8 Å². The molecule has 0 aliphatic carbocycles. The fourth-order valence-electron chi connectivity index (χ4n) is 1.07. The molecule has 1 heterocycles. The van der Waals surface area contributed by atoms with Crippen LogP contribution in [0.3, 0.4) is 0 Å². The van der Waals surface area contributed by atoms with Gasteiger partial charge in [0.2, 0.25) is 0 Å². The van der Waals surface area contributed by atoms with Gasteiger partial charge in [0.25, 0.3) is 0 Å². The first-order valence-corrected chi connectivity index (χ1v) is 5.61. The van der Waals surface area contributed by atoms with Gasteiger partial charge in [-0.15, -0.1) is 11.3 Å². The number of fused-ring (bicyclic) bond motifs is 1. The van der Waals surface area contributed by atoms with Crippen molar-refractivity contribution in [1.82, 2.24) is 4.98 Å². The minimum absolute atomic E-state index is 0.276. The average molecular weight is 263 g/mol. The van der Waals surface area contributed by atoms with Gasteiger partial charge in [0.05, 0.1) is 15.2 Å². The smallest absolute Gasteiger partial charge is 0.151 e. The number of hydrogen-bond donors (Lipinski definition) is 1. The second kappa shape index (κ2) is 3.62. The van der Waals surface area contributed by atoms with Crippen LogP contribution in [0.1, 0.15) is 5.01 Å². The topological polar surface area (TPSA) is 38.9 Å². The largest absolute Gasteiger partial charge is 0.387 e. The zero-order chi connectivity index (χ0) is 10.3. The number of halogens is 2. The molecule has 2 N–H and O–H groups in total. The van der Waals surface area contributed by atoms with Gasteiger partial charge >= 0.3 is 0 Å². The van der Waals surface area contributed by atoms with E-state index < -0.39 is 0 Å². The Labute approximate surface area is 99.6 Å². The number of rotatable bonds is 1. The van der Waals surface area contributed by atoms with E-state index in [1.807, 2.05) is 0 Å². The molecule has 0 spiro atoms. The summed E-state index contributed by atoms with van der Waals surface area (Å²) in [6, 6.07) is 3.41. The van der Waals surface area contributed by atoms with Crippen LogP contribution in [0.5, 0.6) is 0 Å². The van der Waals surface area contributed by atoms with E-state index in [4.69, 9.17) is 41.2 Å². The zero-order valence-corrected chi connectivity index (χ0v) is 9.90. The van der Waals surface area contributed by atoms with Crippen molar-refractivity contribution < 1.29 is 0 Å². The Bertz CT molecular complexity index is 521. The quantitative estimate of drug-likeness (QED) is 0.803. The van der Waals surface area contributed by atoms with Crippen molar-refractivity contribution in [2.45, 2.75) is 0 Å². The van der Waals surface area contributed by atoms with Gasteiger partial charge in [0.15, 0.2) is 5.01 Å². The lowest BCUT2D eigenvalue weighted by Crippen LogP contribution is -2.08. The monoisotopic (exact) mass is 262 g/mol. The lowest BCUT2D eigenvalue weighted by Gasteiger charge is -1.92. The molecular formula is C8H4Cl2N2S2. The second-order valence-corrected chi connectivity index (χ2v) is 4.90. The van der Waals surface area contributed by atoms with Gasteiger partial charge in [-0.3, -0.25) is 0 Å². The number of thiocarbonyl (C=S) groups is 1. The standard InChI is InChI=1S/C8H4Cl2N2S2/c9-3-1-4(10)6-5(2-3)12-8(14-6)7(11)13/h1-2H,(H2,11,13). The Kier molecular flexibility index (Phi) is 2.62. The van der Waals surface area contributed by atoms with Gasteiger partial charge in [0, 0.05) is 5.02 Å². The average Bonchev–Trinajstić information content (AvgIpc) is 2.47. The third-order valence-electron chi connectivity index (χ3n) is 1.62. The van der Waals surface area contributed by atoms with Crippen LogP contribution in [0.15, 0.2) is 12.1 Å². The van der Waals surface area contributed by atoms with Crippen LogP contribution < -0.4 is 5.73 Å². The van der Waals surface area contributed by atoms with Crippen molar-refractivity contribution in [2.75, 3.05) is 0 Å². The molecule has 6 heteroatoms. The summed E-state index contributed by atoms with van der Waals surface area (Å²) in [5.41, 5.74) is 6.20. The van der Waals surface area contributed by atoms with Crippen molar-refractivity contribution in [1.29, 1.82) is 0 Å². The summed E-state index contributed by atoms with van der Waals surface area (Å²) < 4.78 is 0.860. The van der Waals surface area contributed by atoms with Crippen LogP contribution in [-0.2, 0) is 0 Å². The molecule has 14 heavy (non-hydrogen) atoms. The number of benzene rings is 1. The summed E-state index contributed by atoms with van der Waals surface area (Å²) in [6.45, 7) is 0. The highest BCUT2D eigenvalue weighted by Crippen LogP contribution is 2.32. The predicted octanol–water partition coefficient (Wildman–Crippen LogP) is 3.24. The lowest BCUT2D eigenvalue weighted by atomic mass is 10.3. The summed E-state index contributed by atoms with van der Waals surface area (Å²) in [4.78, 5) is 4.49. The van der Waals surface area contributed by atoms with E-state index in [0.717, 1.165) is 10.2 Å². The molecule has 0 bridgehead atoms. The van der Waals surface area contributed by atoms with Gasteiger partial charge in [0.1, 0.15) is 4.99 Å². The first-order valence-electron chi connectivity index (χ1n) is 3.63. The number of hydrogen-bond acceptors (Lipinski definition) is 3. The molecule has 0 unspecified atom stereocenters. The number of nitrogens with zero attached hydrogens (tertiary/aromatic N) is 1. The van der Waals surface area contributed by atoms with Crippen LogP contribution in [0, 0.1) is 0 Å². The molecule has 0 amide bonds. The SMILES string of the molecule is NC(=S)c1nc2cc(Cl)cc(Cl)c2s1. The second-order valence-electron chi connectivity index (χ2n) is 2.62. The fraction of sp³-hybridized carbons (Fsp3) is 0. The maximum Gasteiger partial charge on any atom is 0.151 e. The summed E-state index contributed by atoms with van der Waals surface area (Å²) in [6.07, 6.45) is 0. The maximum absolute atomic E-state index is 5.98. The summed E-state index contributed by atoms with van der Waals surface area (Å²) in [5, 5.41) is 1.74. The third kappa shape index (κ3) is 1.70. The Balaban J connectivity index is 2.76. The van der Waals surface area contributed by atoms with Crippen LogP contribution in [-0.4, -0.2) is 9.97 Å². The molecule has 1 aromatic carbocycles. The Morgan fingerprint density at radius 3 is 2.79 bits per heavy atom. The fourth-order valence-corrected chi connectivity index (χ4v) is 2.64. The van der Waals surface area contributed by atoms with Crippen molar-refractivity contribution in [2.24, 2.45) is 5.73 Å². The normalized spacial score (nSPS) is 10.7. The van der Waals surface area contributed by atoms with Crippen molar-refractivity contribution >= 4 is 62.0 Å². The minimum atomic E-state index is 0.276. The summed E-state index contributed by atoms with van der Waals surface area (Å²) >= 11 is 18.0. The predicted molar refractivity (Wildman–Crippen MR) is 65.5 cm³/mol. The molecule has 2 nitrogen and oxygen atoms in total. The van der Waals surface area contributed by atoms with E-state index in [-0.39, 0.29) is 4.99 Å². The van der Waals surface area contributed by atoms with E-state index >= 15 is 0 Å². The third-order valence-corrected chi connectivity index (χ3v) is 3.71. The molecule has 0 saturated carbocycles. The molecular weight excluding hydrogens is 259 g/mol. The molecule has 1 aromatic heterocycles. The zero-order valence-electron chi connectivity index (χ0n) is 6.75. The van der Waals surface area contributed by atoms with Crippen molar-refractivity contribution in [3.8, 4) is 0 Å². The first kappa shape index (κ1) is 10.1. The molecule has 0 aliphatic heterocycles. The maximum atomic E-state index is 5.98. The lowest BCUT2D eigenvalue weighted by molar-refractivity contribution is 1.45. The molecule has 2 rings (SSSR count). The van der Waals surface area contributed by atoms with Crippen molar-refractivity contribution in [3.63, 3.8) is 0 Å². The first-order chi connectivity index (χ1) is 6.58. The summed E-state index contributed by atoms with van der Waals surface area (Å²) in [7, 11) is 0. The Morgan fingerprint density at radius 2 is 2.14 bits per heavy atom. The number of thiazole rings is 1. The highest BCUT2D eigenvalue weighted by atomic mass is 35.5. The highest BCUT2D eigenvalue weighted by Gasteiger charge is 2.09.